The Hall–Kier alpha value is -3.08. The zero-order chi connectivity index (χ0) is 19.1. The standard InChI is InChI=1S/C22H23NO4/c1-26-19-14-12-18(13-15-19)23-21(24)20(16-8-4-2-5-9-16)27-22(25)17-10-6-3-7-11-17/h2-6,8-9,12-15,17,20H,7,10-11H2,1H3,(H,23,24). The van der Waals surface area contributed by atoms with Gasteiger partial charge in [-0.1, -0.05) is 42.5 Å². The zero-order valence-corrected chi connectivity index (χ0v) is 15.3. The van der Waals surface area contributed by atoms with Crippen LogP contribution < -0.4 is 10.1 Å². The van der Waals surface area contributed by atoms with E-state index in [2.05, 4.69) is 11.4 Å². The molecule has 1 aliphatic carbocycles. The summed E-state index contributed by atoms with van der Waals surface area (Å²) in [6, 6.07) is 16.1. The quantitative estimate of drug-likeness (QED) is 0.613. The Labute approximate surface area is 159 Å². The van der Waals surface area contributed by atoms with Gasteiger partial charge < -0.3 is 14.8 Å². The number of ether oxygens (including phenoxy) is 2. The molecule has 0 saturated heterocycles. The number of benzene rings is 2. The third-order valence-corrected chi connectivity index (χ3v) is 4.53. The molecule has 140 valence electrons. The molecule has 0 fully saturated rings. The normalized spacial score (nSPS) is 17.0. The smallest absolute Gasteiger partial charge is 0.310 e. The molecule has 0 aromatic heterocycles. The van der Waals surface area contributed by atoms with E-state index >= 15 is 0 Å². The molecule has 1 aliphatic rings. The molecule has 2 unspecified atom stereocenters. The van der Waals surface area contributed by atoms with E-state index in [9.17, 15) is 9.59 Å². The highest BCUT2D eigenvalue weighted by Gasteiger charge is 2.29. The number of carbonyl (C=O) groups excluding carboxylic acids is 2. The summed E-state index contributed by atoms with van der Waals surface area (Å²) in [4.78, 5) is 25.4. The van der Waals surface area contributed by atoms with Gasteiger partial charge in [-0.05, 0) is 43.5 Å². The topological polar surface area (TPSA) is 64.6 Å². The van der Waals surface area contributed by atoms with Crippen molar-refractivity contribution in [2.75, 3.05) is 12.4 Å². The minimum Gasteiger partial charge on any atom is -0.497 e. The number of nitrogens with one attached hydrogen (secondary N) is 1. The largest absolute Gasteiger partial charge is 0.497 e. The number of amides is 1. The van der Waals surface area contributed by atoms with Crippen LogP contribution in [0.2, 0.25) is 0 Å². The van der Waals surface area contributed by atoms with Crippen molar-refractivity contribution in [3.8, 4) is 5.75 Å². The predicted molar refractivity (Wildman–Crippen MR) is 103 cm³/mol. The molecule has 0 heterocycles. The van der Waals surface area contributed by atoms with Gasteiger partial charge in [0, 0.05) is 11.3 Å². The van der Waals surface area contributed by atoms with E-state index in [1.165, 1.54) is 0 Å². The van der Waals surface area contributed by atoms with Crippen molar-refractivity contribution < 1.29 is 19.1 Å². The van der Waals surface area contributed by atoms with Gasteiger partial charge in [-0.3, -0.25) is 9.59 Å². The maximum absolute atomic E-state index is 12.9. The maximum Gasteiger partial charge on any atom is 0.310 e. The average molecular weight is 365 g/mol. The lowest BCUT2D eigenvalue weighted by Gasteiger charge is -2.22. The Bertz CT molecular complexity index is 799. The van der Waals surface area contributed by atoms with Crippen LogP contribution in [0.1, 0.15) is 30.9 Å². The maximum atomic E-state index is 12.9. The number of allylic oxidation sites excluding steroid dienone is 2. The van der Waals surface area contributed by atoms with Gasteiger partial charge in [0.15, 0.2) is 0 Å². The molecule has 0 radical (unpaired) electrons. The highest BCUT2D eigenvalue weighted by molar-refractivity contribution is 5.96. The highest BCUT2D eigenvalue weighted by atomic mass is 16.5. The van der Waals surface area contributed by atoms with Gasteiger partial charge in [0.25, 0.3) is 5.91 Å². The molecule has 0 spiro atoms. The monoisotopic (exact) mass is 365 g/mol. The van der Waals surface area contributed by atoms with Crippen LogP contribution in [-0.4, -0.2) is 19.0 Å². The van der Waals surface area contributed by atoms with Crippen LogP contribution in [0.15, 0.2) is 66.7 Å². The minimum absolute atomic E-state index is 0.199. The van der Waals surface area contributed by atoms with Crippen LogP contribution in [0.3, 0.4) is 0 Å². The second-order valence-corrected chi connectivity index (χ2v) is 6.43. The van der Waals surface area contributed by atoms with Gasteiger partial charge in [-0.2, -0.15) is 0 Å². The number of hydrogen-bond donors (Lipinski definition) is 1. The summed E-state index contributed by atoms with van der Waals surface area (Å²) in [5.41, 5.74) is 1.25. The first-order chi connectivity index (χ1) is 13.2. The van der Waals surface area contributed by atoms with Crippen LogP contribution in [0.25, 0.3) is 0 Å². The Kier molecular flexibility index (Phi) is 6.26. The van der Waals surface area contributed by atoms with Gasteiger partial charge in [-0.25, -0.2) is 0 Å². The van der Waals surface area contributed by atoms with E-state index in [4.69, 9.17) is 9.47 Å². The molecule has 1 N–H and O–H groups in total. The van der Waals surface area contributed by atoms with E-state index in [0.29, 0.717) is 23.4 Å². The molecule has 1 amide bonds. The second-order valence-electron chi connectivity index (χ2n) is 6.43. The summed E-state index contributed by atoms with van der Waals surface area (Å²) in [6.07, 6.45) is 5.32. The number of rotatable bonds is 6. The van der Waals surface area contributed by atoms with Crippen LogP contribution in [0.5, 0.6) is 5.75 Å². The van der Waals surface area contributed by atoms with Crippen LogP contribution in [0.4, 0.5) is 5.69 Å². The lowest BCUT2D eigenvalue weighted by Crippen LogP contribution is -2.29. The third-order valence-electron chi connectivity index (χ3n) is 4.53. The van der Waals surface area contributed by atoms with Crippen LogP contribution in [0, 0.1) is 5.92 Å². The first-order valence-electron chi connectivity index (χ1n) is 9.02. The molecule has 5 heteroatoms. The first-order valence-corrected chi connectivity index (χ1v) is 9.02. The van der Waals surface area contributed by atoms with Crippen LogP contribution >= 0.6 is 0 Å². The number of anilines is 1. The van der Waals surface area contributed by atoms with E-state index in [0.717, 1.165) is 12.8 Å². The number of esters is 1. The summed E-state index contributed by atoms with van der Waals surface area (Å²) in [7, 11) is 1.58. The Balaban J connectivity index is 1.75. The van der Waals surface area contributed by atoms with Crippen molar-refractivity contribution in [2.45, 2.75) is 25.4 Å². The molecule has 3 rings (SSSR count). The van der Waals surface area contributed by atoms with Crippen LogP contribution in [-0.2, 0) is 14.3 Å². The minimum atomic E-state index is -0.994. The molecule has 2 aromatic carbocycles. The first kappa shape index (κ1) is 18.7. The molecule has 0 aliphatic heterocycles. The van der Waals surface area contributed by atoms with Gasteiger partial charge in [0.1, 0.15) is 5.75 Å². The summed E-state index contributed by atoms with van der Waals surface area (Å²) >= 11 is 0. The molecule has 5 nitrogen and oxygen atoms in total. The average Bonchev–Trinajstić information content (AvgIpc) is 2.73. The fourth-order valence-corrected chi connectivity index (χ4v) is 3.00. The molecular weight excluding hydrogens is 342 g/mol. The van der Waals surface area contributed by atoms with E-state index in [1.807, 2.05) is 24.3 Å². The highest BCUT2D eigenvalue weighted by Crippen LogP contribution is 2.26. The second kappa shape index (κ2) is 9.03. The Morgan fingerprint density at radius 2 is 1.78 bits per heavy atom. The zero-order valence-electron chi connectivity index (χ0n) is 15.3. The number of hydrogen-bond acceptors (Lipinski definition) is 4. The Morgan fingerprint density at radius 1 is 1.04 bits per heavy atom. The number of methoxy groups -OCH3 is 1. The summed E-state index contributed by atoms with van der Waals surface area (Å²) in [5.74, 6) is -0.219. The van der Waals surface area contributed by atoms with Gasteiger partial charge >= 0.3 is 5.97 Å². The fourth-order valence-electron chi connectivity index (χ4n) is 3.00. The molecule has 2 atom stereocenters. The Morgan fingerprint density at radius 3 is 2.41 bits per heavy atom. The van der Waals surface area contributed by atoms with E-state index in [1.54, 1.807) is 43.5 Å². The van der Waals surface area contributed by atoms with E-state index in [-0.39, 0.29) is 17.8 Å². The summed E-state index contributed by atoms with van der Waals surface area (Å²) in [5, 5.41) is 2.81. The van der Waals surface area contributed by atoms with Crippen molar-refractivity contribution in [1.82, 2.24) is 0 Å². The summed E-state index contributed by atoms with van der Waals surface area (Å²) < 4.78 is 10.8. The predicted octanol–water partition coefficient (Wildman–Crippen LogP) is 4.27. The van der Waals surface area contributed by atoms with Crippen molar-refractivity contribution in [1.29, 1.82) is 0 Å². The molecule has 0 bridgehead atoms. The van der Waals surface area contributed by atoms with E-state index < -0.39 is 6.10 Å². The van der Waals surface area contributed by atoms with Gasteiger partial charge in [-0.15, -0.1) is 0 Å². The SMILES string of the molecule is COc1ccc(NC(=O)C(OC(=O)C2CC=CCC2)c2ccccc2)cc1. The lowest BCUT2D eigenvalue weighted by atomic mass is 9.94. The van der Waals surface area contributed by atoms with Gasteiger partial charge in [0.05, 0.1) is 13.0 Å². The fraction of sp³-hybridized carbons (Fsp3) is 0.273. The van der Waals surface area contributed by atoms with Crippen molar-refractivity contribution >= 4 is 17.6 Å². The van der Waals surface area contributed by atoms with Crippen molar-refractivity contribution in [3.63, 3.8) is 0 Å². The molecule has 27 heavy (non-hydrogen) atoms. The number of carbonyl (C=O) groups is 2. The lowest BCUT2D eigenvalue weighted by molar-refractivity contribution is -0.159. The van der Waals surface area contributed by atoms with Crippen molar-refractivity contribution in [3.05, 3.63) is 72.3 Å². The third kappa shape index (κ3) is 4.97. The molecular formula is C22H23NO4. The summed E-state index contributed by atoms with van der Waals surface area (Å²) in [6.45, 7) is 0. The van der Waals surface area contributed by atoms with Gasteiger partial charge in [0.2, 0.25) is 6.10 Å². The molecule has 0 saturated carbocycles. The molecule has 2 aromatic rings. The van der Waals surface area contributed by atoms with Crippen molar-refractivity contribution in [2.24, 2.45) is 5.92 Å².